The summed E-state index contributed by atoms with van der Waals surface area (Å²) in [5, 5.41) is 13.2. The smallest absolute Gasteiger partial charge is 0.388 e. The summed E-state index contributed by atoms with van der Waals surface area (Å²) < 4.78 is 37.4. The van der Waals surface area contributed by atoms with Crippen molar-refractivity contribution in [1.82, 2.24) is 10.2 Å². The summed E-state index contributed by atoms with van der Waals surface area (Å²) in [5.41, 5.74) is 5.27. The van der Waals surface area contributed by atoms with Crippen molar-refractivity contribution in [3.05, 3.63) is 5.01 Å². The highest BCUT2D eigenvalue weighted by atomic mass is 32.1. The first-order valence-electron chi connectivity index (χ1n) is 5.68. The Bertz CT molecular complexity index is 429. The van der Waals surface area contributed by atoms with E-state index in [1.54, 1.807) is 4.90 Å². The first kappa shape index (κ1) is 15.7. The van der Waals surface area contributed by atoms with Gasteiger partial charge in [0.2, 0.25) is 10.1 Å². The number of rotatable bonds is 6. The summed E-state index contributed by atoms with van der Waals surface area (Å²) in [4.78, 5) is 1.68. The molecular formula is C10H16F3N5S. The number of hydrogen-bond donors (Lipinski definition) is 2. The maximum atomic E-state index is 12.5. The minimum atomic E-state index is -4.47. The second kappa shape index (κ2) is 6.18. The topological polar surface area (TPSA) is 78.9 Å². The molecule has 0 saturated carbocycles. The van der Waals surface area contributed by atoms with Gasteiger partial charge >= 0.3 is 6.18 Å². The molecule has 0 aromatic carbocycles. The Hall–Kier alpha value is -1.38. The fourth-order valence-corrected chi connectivity index (χ4v) is 2.17. The van der Waals surface area contributed by atoms with Crippen molar-refractivity contribution in [3.63, 3.8) is 0 Å². The molecule has 0 aliphatic carbocycles. The van der Waals surface area contributed by atoms with Crippen molar-refractivity contribution in [3.8, 4) is 0 Å². The van der Waals surface area contributed by atoms with E-state index in [2.05, 4.69) is 10.2 Å². The summed E-state index contributed by atoms with van der Waals surface area (Å²) >= 11 is 0.509. The molecule has 1 aromatic heterocycles. The van der Waals surface area contributed by atoms with Crippen LogP contribution in [-0.4, -0.2) is 29.1 Å². The highest BCUT2D eigenvalue weighted by molar-refractivity contribution is 7.15. The molecule has 0 fully saturated rings. The second-order valence-corrected chi connectivity index (χ2v) is 5.46. The van der Waals surface area contributed by atoms with Crippen LogP contribution >= 0.6 is 11.3 Å². The zero-order valence-corrected chi connectivity index (χ0v) is 11.5. The van der Waals surface area contributed by atoms with Crippen LogP contribution in [0.15, 0.2) is 0 Å². The number of halogens is 3. The minimum absolute atomic E-state index is 0.00526. The zero-order valence-electron chi connectivity index (χ0n) is 10.7. The number of nitrogens with zero attached hydrogens (tertiary/aromatic N) is 3. The quantitative estimate of drug-likeness (QED) is 0.623. The number of aromatic nitrogens is 2. The van der Waals surface area contributed by atoms with Gasteiger partial charge in [0.25, 0.3) is 0 Å². The Kier molecular flexibility index (Phi) is 5.10. The number of nitrogens with two attached hydrogens (primary N) is 1. The van der Waals surface area contributed by atoms with Gasteiger partial charge in [-0.1, -0.05) is 25.2 Å². The Morgan fingerprint density at radius 2 is 2.05 bits per heavy atom. The lowest BCUT2D eigenvalue weighted by Crippen LogP contribution is -2.31. The van der Waals surface area contributed by atoms with Gasteiger partial charge in [-0.15, -0.1) is 10.2 Å². The number of anilines is 1. The minimum Gasteiger partial charge on any atom is -0.388 e. The second-order valence-electron chi connectivity index (χ2n) is 4.50. The van der Waals surface area contributed by atoms with Gasteiger partial charge in [-0.2, -0.15) is 13.2 Å². The lowest BCUT2D eigenvalue weighted by atomic mass is 10.2. The molecule has 0 radical (unpaired) electrons. The monoisotopic (exact) mass is 295 g/mol. The van der Waals surface area contributed by atoms with Crippen molar-refractivity contribution >= 4 is 22.3 Å². The first-order valence-corrected chi connectivity index (χ1v) is 6.50. The van der Waals surface area contributed by atoms with E-state index in [1.807, 2.05) is 13.8 Å². The van der Waals surface area contributed by atoms with Gasteiger partial charge in [0.15, 0.2) is 0 Å². The zero-order chi connectivity index (χ0) is 14.6. The Morgan fingerprint density at radius 3 is 2.47 bits per heavy atom. The molecule has 1 heterocycles. The largest absolute Gasteiger partial charge is 0.445 e. The van der Waals surface area contributed by atoms with E-state index in [0.717, 1.165) is 0 Å². The van der Waals surface area contributed by atoms with Gasteiger partial charge in [0.1, 0.15) is 0 Å². The van der Waals surface area contributed by atoms with Crippen LogP contribution in [0.3, 0.4) is 0 Å². The number of hydrogen-bond acceptors (Lipinski definition) is 5. The van der Waals surface area contributed by atoms with Crippen LogP contribution in [0.1, 0.15) is 25.3 Å². The maximum absolute atomic E-state index is 12.5. The molecule has 108 valence electrons. The third-order valence-corrected chi connectivity index (χ3v) is 3.19. The SMILES string of the molecule is CC(C)CN(CCC(=N)N)c1nnc(C(F)(F)F)s1. The molecule has 5 nitrogen and oxygen atoms in total. The summed E-state index contributed by atoms with van der Waals surface area (Å²) in [7, 11) is 0. The van der Waals surface area contributed by atoms with Crippen molar-refractivity contribution in [2.75, 3.05) is 18.0 Å². The molecule has 0 aliphatic heterocycles. The number of nitrogens with one attached hydrogen (secondary N) is 1. The van der Waals surface area contributed by atoms with E-state index in [-0.39, 0.29) is 23.3 Å². The summed E-state index contributed by atoms with van der Waals surface area (Å²) in [6.07, 6.45) is -4.19. The average molecular weight is 295 g/mol. The van der Waals surface area contributed by atoms with E-state index in [0.29, 0.717) is 24.4 Å². The van der Waals surface area contributed by atoms with Crippen LogP contribution in [0, 0.1) is 11.3 Å². The fraction of sp³-hybridized carbons (Fsp3) is 0.700. The molecule has 0 amide bonds. The lowest BCUT2D eigenvalue weighted by Gasteiger charge is -2.22. The van der Waals surface area contributed by atoms with E-state index in [1.165, 1.54) is 0 Å². The van der Waals surface area contributed by atoms with Crippen LogP contribution < -0.4 is 10.6 Å². The third-order valence-electron chi connectivity index (χ3n) is 2.16. The summed E-state index contributed by atoms with van der Waals surface area (Å²) in [6.45, 7) is 4.80. The Balaban J connectivity index is 2.84. The van der Waals surface area contributed by atoms with Crippen LogP contribution in [0.5, 0.6) is 0 Å². The molecule has 0 spiro atoms. The Labute approximate surface area is 113 Å². The summed E-state index contributed by atoms with van der Waals surface area (Å²) in [6, 6.07) is 0. The Morgan fingerprint density at radius 1 is 1.42 bits per heavy atom. The van der Waals surface area contributed by atoms with Crippen molar-refractivity contribution in [2.24, 2.45) is 11.7 Å². The highest BCUT2D eigenvalue weighted by Crippen LogP contribution is 2.34. The van der Waals surface area contributed by atoms with Crippen LogP contribution in [0.4, 0.5) is 18.3 Å². The van der Waals surface area contributed by atoms with Crippen molar-refractivity contribution in [1.29, 1.82) is 5.41 Å². The van der Waals surface area contributed by atoms with Gasteiger partial charge in [-0.05, 0) is 5.92 Å². The van der Waals surface area contributed by atoms with Crippen LogP contribution in [0.2, 0.25) is 0 Å². The van der Waals surface area contributed by atoms with Gasteiger partial charge in [0.05, 0.1) is 5.84 Å². The van der Waals surface area contributed by atoms with E-state index < -0.39 is 11.2 Å². The maximum Gasteiger partial charge on any atom is 0.445 e. The highest BCUT2D eigenvalue weighted by Gasteiger charge is 2.36. The molecule has 0 atom stereocenters. The van der Waals surface area contributed by atoms with Crippen LogP contribution in [0.25, 0.3) is 0 Å². The molecule has 0 saturated heterocycles. The van der Waals surface area contributed by atoms with E-state index in [4.69, 9.17) is 11.1 Å². The van der Waals surface area contributed by atoms with Gasteiger partial charge < -0.3 is 10.6 Å². The molecule has 9 heteroatoms. The summed E-state index contributed by atoms with van der Waals surface area (Å²) in [5.74, 6) is 0.250. The molecule has 1 rings (SSSR count). The fourth-order valence-electron chi connectivity index (χ4n) is 1.42. The normalized spacial score (nSPS) is 11.9. The van der Waals surface area contributed by atoms with Crippen molar-refractivity contribution in [2.45, 2.75) is 26.4 Å². The third kappa shape index (κ3) is 5.01. The standard InChI is InChI=1S/C10H16F3N5S/c1-6(2)5-18(4-3-7(14)15)9-17-16-8(19-9)10(11,12)13/h6H,3-5H2,1-2H3,(H3,14,15). The van der Waals surface area contributed by atoms with E-state index in [9.17, 15) is 13.2 Å². The van der Waals surface area contributed by atoms with Crippen LogP contribution in [-0.2, 0) is 6.18 Å². The van der Waals surface area contributed by atoms with Gasteiger partial charge in [0, 0.05) is 19.5 Å². The molecule has 0 bridgehead atoms. The lowest BCUT2D eigenvalue weighted by molar-refractivity contribution is -0.138. The number of amidine groups is 1. The molecule has 1 aromatic rings. The van der Waals surface area contributed by atoms with Gasteiger partial charge in [-0.3, -0.25) is 5.41 Å². The molecule has 0 aliphatic rings. The molecule has 3 N–H and O–H groups in total. The molecule has 19 heavy (non-hydrogen) atoms. The predicted octanol–water partition coefficient (Wildman–Crippen LogP) is 2.35. The van der Waals surface area contributed by atoms with E-state index >= 15 is 0 Å². The number of alkyl halides is 3. The molecular weight excluding hydrogens is 279 g/mol. The van der Waals surface area contributed by atoms with Gasteiger partial charge in [-0.25, -0.2) is 0 Å². The van der Waals surface area contributed by atoms with Crippen molar-refractivity contribution < 1.29 is 13.2 Å². The predicted molar refractivity (Wildman–Crippen MR) is 68.5 cm³/mol. The molecule has 0 unspecified atom stereocenters. The first-order chi connectivity index (χ1) is 8.70. The average Bonchev–Trinajstić information content (AvgIpc) is 2.71.